The molecule has 7 heteroatoms. The van der Waals surface area contributed by atoms with Gasteiger partial charge >= 0.3 is 6.18 Å². The fourth-order valence-electron chi connectivity index (χ4n) is 2.92. The second-order valence-electron chi connectivity index (χ2n) is 5.97. The van der Waals surface area contributed by atoms with Gasteiger partial charge in [-0.05, 0) is 18.2 Å². The Labute approximate surface area is 150 Å². The normalized spacial score (nSPS) is 15.0. The topological polar surface area (TPSA) is 32.3 Å². The van der Waals surface area contributed by atoms with Gasteiger partial charge in [0.2, 0.25) is 0 Å². The van der Waals surface area contributed by atoms with Gasteiger partial charge in [0.05, 0.1) is 5.56 Å². The third-order valence-corrected chi connectivity index (χ3v) is 4.39. The van der Waals surface area contributed by atoms with Gasteiger partial charge in [-0.1, -0.05) is 25.3 Å². The number of halogens is 3. The Bertz CT molecular complexity index is 791. The van der Waals surface area contributed by atoms with Gasteiger partial charge < -0.3 is 9.80 Å². The molecule has 0 aliphatic carbocycles. The molecule has 0 saturated carbocycles. The minimum Gasteiger partial charge on any atom is -0.368 e. The van der Waals surface area contributed by atoms with Gasteiger partial charge in [-0.3, -0.25) is 4.98 Å². The third-order valence-electron chi connectivity index (χ3n) is 4.39. The first-order valence-electron chi connectivity index (χ1n) is 8.20. The van der Waals surface area contributed by atoms with E-state index in [0.29, 0.717) is 17.1 Å². The summed E-state index contributed by atoms with van der Waals surface area (Å²) in [6.45, 7) is 10.7. The summed E-state index contributed by atoms with van der Waals surface area (Å²) in [6.07, 6.45) is 0.517. The number of rotatable bonds is 4. The summed E-state index contributed by atoms with van der Waals surface area (Å²) >= 11 is 0. The summed E-state index contributed by atoms with van der Waals surface area (Å²) < 4.78 is 38.3. The van der Waals surface area contributed by atoms with Crippen molar-refractivity contribution in [3.63, 3.8) is 0 Å². The number of anilines is 1. The highest BCUT2D eigenvalue weighted by Gasteiger charge is 2.30. The lowest BCUT2D eigenvalue weighted by Gasteiger charge is -2.37. The highest BCUT2D eigenvalue weighted by atomic mass is 19.4. The minimum absolute atomic E-state index is 0.581. The molecule has 0 radical (unpaired) electrons. The number of benzene rings is 1. The first-order valence-corrected chi connectivity index (χ1v) is 8.20. The molecule has 2 aromatic rings. The van der Waals surface area contributed by atoms with Crippen LogP contribution in [-0.4, -0.2) is 41.0 Å². The second-order valence-corrected chi connectivity index (χ2v) is 5.97. The Morgan fingerprint density at radius 1 is 1.00 bits per heavy atom. The molecule has 26 heavy (non-hydrogen) atoms. The number of alkyl halides is 3. The van der Waals surface area contributed by atoms with Gasteiger partial charge in [-0.2, -0.15) is 13.2 Å². The summed E-state index contributed by atoms with van der Waals surface area (Å²) in [5.41, 5.74) is 1.39. The van der Waals surface area contributed by atoms with Gasteiger partial charge in [-0.25, -0.2) is 4.98 Å². The number of allylic oxidation sites excluding steroid dienone is 1. The lowest BCUT2D eigenvalue weighted by molar-refractivity contribution is -0.137. The lowest BCUT2D eigenvalue weighted by Crippen LogP contribution is -2.46. The van der Waals surface area contributed by atoms with Crippen LogP contribution in [0.15, 0.2) is 61.6 Å². The van der Waals surface area contributed by atoms with E-state index >= 15 is 0 Å². The van der Waals surface area contributed by atoms with Crippen molar-refractivity contribution in [1.82, 2.24) is 14.9 Å². The summed E-state index contributed by atoms with van der Waals surface area (Å²) in [4.78, 5) is 13.0. The molecular formula is C19H19F3N4. The molecule has 0 atom stereocenters. The first kappa shape index (κ1) is 18.0. The number of hydrogen-bond donors (Lipinski definition) is 0. The number of piperazine rings is 1. The average molecular weight is 360 g/mol. The quantitative estimate of drug-likeness (QED) is 0.772. The molecule has 4 nitrogen and oxygen atoms in total. The average Bonchev–Trinajstić information content (AvgIpc) is 2.67. The predicted octanol–water partition coefficient (Wildman–Crippen LogP) is 3.98. The van der Waals surface area contributed by atoms with Crippen molar-refractivity contribution >= 4 is 5.82 Å². The zero-order valence-corrected chi connectivity index (χ0v) is 14.2. The number of nitrogens with zero attached hydrogens (tertiary/aromatic N) is 4. The standard InChI is InChI=1S/C19H19F3N4/c1-3-14(2)25-10-12-26(13-11-25)18-17(23-8-9-24-18)15-4-6-16(7-5-15)19(20,21)22/h3-9H,1-2,10-13H2. The Morgan fingerprint density at radius 3 is 2.19 bits per heavy atom. The molecule has 1 saturated heterocycles. The van der Waals surface area contributed by atoms with Crippen LogP contribution in [0.1, 0.15) is 5.56 Å². The van der Waals surface area contributed by atoms with Crippen molar-refractivity contribution in [3.05, 3.63) is 67.2 Å². The van der Waals surface area contributed by atoms with Crippen molar-refractivity contribution in [2.75, 3.05) is 31.1 Å². The van der Waals surface area contributed by atoms with Gasteiger partial charge in [0, 0.05) is 49.8 Å². The first-order chi connectivity index (χ1) is 12.4. The predicted molar refractivity (Wildman–Crippen MR) is 95.6 cm³/mol. The molecule has 1 fully saturated rings. The van der Waals surface area contributed by atoms with E-state index in [0.717, 1.165) is 44.0 Å². The molecule has 136 valence electrons. The van der Waals surface area contributed by atoms with Gasteiger partial charge in [0.1, 0.15) is 5.69 Å². The fraction of sp³-hybridized carbons (Fsp3) is 0.263. The van der Waals surface area contributed by atoms with E-state index in [4.69, 9.17) is 0 Å². The monoisotopic (exact) mass is 360 g/mol. The Hall–Kier alpha value is -2.83. The van der Waals surface area contributed by atoms with Crippen molar-refractivity contribution in [2.45, 2.75) is 6.18 Å². The van der Waals surface area contributed by atoms with Crippen LogP contribution < -0.4 is 4.90 Å². The van der Waals surface area contributed by atoms with Crippen molar-refractivity contribution in [2.24, 2.45) is 0 Å². The Kier molecular flexibility index (Phi) is 4.97. The van der Waals surface area contributed by atoms with Crippen LogP contribution >= 0.6 is 0 Å². The summed E-state index contributed by atoms with van der Waals surface area (Å²) in [5, 5.41) is 0. The molecule has 1 aromatic heterocycles. The molecule has 1 aliphatic heterocycles. The fourth-order valence-corrected chi connectivity index (χ4v) is 2.92. The molecule has 0 N–H and O–H groups in total. The molecular weight excluding hydrogens is 341 g/mol. The van der Waals surface area contributed by atoms with E-state index < -0.39 is 11.7 Å². The third kappa shape index (κ3) is 3.71. The molecule has 0 unspecified atom stereocenters. The molecule has 3 rings (SSSR count). The van der Waals surface area contributed by atoms with E-state index in [2.05, 4.69) is 32.9 Å². The van der Waals surface area contributed by atoms with Gasteiger partial charge in [-0.15, -0.1) is 0 Å². The summed E-state index contributed by atoms with van der Waals surface area (Å²) in [7, 11) is 0. The largest absolute Gasteiger partial charge is 0.416 e. The van der Waals surface area contributed by atoms with Crippen molar-refractivity contribution in [1.29, 1.82) is 0 Å². The second kappa shape index (κ2) is 7.19. The summed E-state index contributed by atoms with van der Waals surface area (Å²) in [5.74, 6) is 0.677. The van der Waals surface area contributed by atoms with Gasteiger partial charge in [0.15, 0.2) is 5.82 Å². The molecule has 2 heterocycles. The van der Waals surface area contributed by atoms with Crippen LogP contribution in [0.5, 0.6) is 0 Å². The van der Waals surface area contributed by atoms with E-state index in [-0.39, 0.29) is 0 Å². The van der Waals surface area contributed by atoms with Crippen LogP contribution in [0.3, 0.4) is 0 Å². The van der Waals surface area contributed by atoms with Crippen LogP contribution in [0.4, 0.5) is 19.0 Å². The SMILES string of the molecule is C=CC(=C)N1CCN(c2nccnc2-c2ccc(C(F)(F)F)cc2)CC1. The molecule has 1 aromatic carbocycles. The van der Waals surface area contributed by atoms with Gasteiger partial charge in [0.25, 0.3) is 0 Å². The highest BCUT2D eigenvalue weighted by Crippen LogP contribution is 2.32. The lowest BCUT2D eigenvalue weighted by atomic mass is 10.1. The van der Waals surface area contributed by atoms with Crippen molar-refractivity contribution in [3.8, 4) is 11.3 Å². The zero-order valence-electron chi connectivity index (χ0n) is 14.2. The summed E-state index contributed by atoms with van der Waals surface area (Å²) in [6, 6.07) is 5.01. The maximum Gasteiger partial charge on any atom is 0.416 e. The minimum atomic E-state index is -4.35. The molecule has 1 aliphatic rings. The smallest absolute Gasteiger partial charge is 0.368 e. The number of aromatic nitrogens is 2. The van der Waals surface area contributed by atoms with E-state index in [9.17, 15) is 13.2 Å². The van der Waals surface area contributed by atoms with E-state index in [1.54, 1.807) is 18.5 Å². The maximum atomic E-state index is 12.8. The van der Waals surface area contributed by atoms with Crippen LogP contribution in [0, 0.1) is 0 Å². The maximum absolute atomic E-state index is 12.8. The molecule has 0 amide bonds. The van der Waals surface area contributed by atoms with Crippen LogP contribution in [0.25, 0.3) is 11.3 Å². The van der Waals surface area contributed by atoms with Crippen molar-refractivity contribution < 1.29 is 13.2 Å². The Balaban J connectivity index is 1.83. The molecule has 0 bridgehead atoms. The Morgan fingerprint density at radius 2 is 1.62 bits per heavy atom. The zero-order chi connectivity index (χ0) is 18.7. The van der Waals surface area contributed by atoms with Crippen LogP contribution in [-0.2, 0) is 6.18 Å². The molecule has 0 spiro atoms. The van der Waals surface area contributed by atoms with Crippen LogP contribution in [0.2, 0.25) is 0 Å². The van der Waals surface area contributed by atoms with E-state index in [1.165, 1.54) is 12.1 Å². The highest BCUT2D eigenvalue weighted by molar-refractivity contribution is 5.72. The van der Waals surface area contributed by atoms with E-state index in [1.807, 2.05) is 0 Å². The number of hydrogen-bond acceptors (Lipinski definition) is 4.